The van der Waals surface area contributed by atoms with Gasteiger partial charge in [-0.3, -0.25) is 4.90 Å². The van der Waals surface area contributed by atoms with Crippen molar-refractivity contribution in [2.75, 3.05) is 19.6 Å². The highest BCUT2D eigenvalue weighted by molar-refractivity contribution is 9.10. The van der Waals surface area contributed by atoms with Crippen molar-refractivity contribution >= 4 is 15.9 Å². The second-order valence-electron chi connectivity index (χ2n) is 4.52. The fraction of sp³-hybridized carbons (Fsp3) is 0.538. The van der Waals surface area contributed by atoms with Gasteiger partial charge in [-0.25, -0.2) is 4.39 Å². The van der Waals surface area contributed by atoms with Gasteiger partial charge in [-0.15, -0.1) is 0 Å². The highest BCUT2D eigenvalue weighted by Crippen LogP contribution is 2.39. The van der Waals surface area contributed by atoms with Crippen LogP contribution in [0, 0.1) is 11.7 Å². The summed E-state index contributed by atoms with van der Waals surface area (Å²) in [4.78, 5) is 2.41. The molecule has 0 saturated carbocycles. The number of benzene rings is 1. The summed E-state index contributed by atoms with van der Waals surface area (Å²) in [6, 6.07) is 5.26. The van der Waals surface area contributed by atoms with Crippen LogP contribution in [0.2, 0.25) is 0 Å². The molecule has 2 atom stereocenters. The number of nitrogens with zero attached hydrogens (tertiary/aromatic N) is 1. The number of nitrogens with two attached hydrogens (primary N) is 1. The van der Waals surface area contributed by atoms with Gasteiger partial charge in [0.1, 0.15) is 5.82 Å². The Labute approximate surface area is 110 Å². The number of rotatable bonds is 3. The monoisotopic (exact) mass is 300 g/mol. The highest BCUT2D eigenvalue weighted by atomic mass is 79.9. The molecule has 1 aromatic rings. The van der Waals surface area contributed by atoms with E-state index in [1.807, 2.05) is 6.07 Å². The zero-order chi connectivity index (χ0) is 12.4. The van der Waals surface area contributed by atoms with Crippen molar-refractivity contribution in [1.29, 1.82) is 0 Å². The first-order valence-electron chi connectivity index (χ1n) is 6.06. The van der Waals surface area contributed by atoms with Crippen LogP contribution in [-0.4, -0.2) is 24.5 Å². The van der Waals surface area contributed by atoms with E-state index < -0.39 is 0 Å². The Hall–Kier alpha value is -0.450. The maximum atomic E-state index is 13.1. The zero-order valence-corrected chi connectivity index (χ0v) is 11.6. The van der Waals surface area contributed by atoms with Crippen LogP contribution in [0.4, 0.5) is 4.39 Å². The predicted octanol–water partition coefficient (Wildman–Crippen LogP) is 2.93. The van der Waals surface area contributed by atoms with E-state index >= 15 is 0 Å². The van der Waals surface area contributed by atoms with Gasteiger partial charge in [0.05, 0.1) is 0 Å². The molecule has 1 aliphatic rings. The summed E-state index contributed by atoms with van der Waals surface area (Å²) in [7, 11) is 0. The summed E-state index contributed by atoms with van der Waals surface area (Å²) < 4.78 is 14.0. The Morgan fingerprint density at radius 1 is 1.53 bits per heavy atom. The Morgan fingerprint density at radius 3 is 2.88 bits per heavy atom. The average molecular weight is 301 g/mol. The normalized spacial score (nSPS) is 25.4. The van der Waals surface area contributed by atoms with Gasteiger partial charge in [0, 0.05) is 10.5 Å². The van der Waals surface area contributed by atoms with Gasteiger partial charge in [0.2, 0.25) is 0 Å². The molecule has 1 saturated heterocycles. The van der Waals surface area contributed by atoms with Gasteiger partial charge >= 0.3 is 0 Å². The maximum Gasteiger partial charge on any atom is 0.124 e. The lowest BCUT2D eigenvalue weighted by Crippen LogP contribution is -2.28. The fourth-order valence-corrected chi connectivity index (χ4v) is 3.31. The number of halogens is 2. The molecule has 17 heavy (non-hydrogen) atoms. The molecule has 1 aliphatic heterocycles. The first kappa shape index (κ1) is 13.0. The molecule has 1 fully saturated rings. The predicted molar refractivity (Wildman–Crippen MR) is 71.2 cm³/mol. The van der Waals surface area contributed by atoms with E-state index in [0.29, 0.717) is 18.5 Å². The summed E-state index contributed by atoms with van der Waals surface area (Å²) in [5.41, 5.74) is 7.00. The molecule has 0 aliphatic carbocycles. The van der Waals surface area contributed by atoms with Gasteiger partial charge in [0.15, 0.2) is 0 Å². The Balaban J connectivity index is 2.34. The molecule has 0 spiro atoms. The van der Waals surface area contributed by atoms with Gasteiger partial charge in [-0.05, 0) is 49.7 Å². The second kappa shape index (κ2) is 5.46. The lowest BCUT2D eigenvalue weighted by atomic mass is 9.94. The van der Waals surface area contributed by atoms with Crippen LogP contribution in [-0.2, 0) is 0 Å². The lowest BCUT2D eigenvalue weighted by molar-refractivity contribution is 0.241. The van der Waals surface area contributed by atoms with E-state index in [9.17, 15) is 4.39 Å². The topological polar surface area (TPSA) is 29.3 Å². The lowest BCUT2D eigenvalue weighted by Gasteiger charge is -2.28. The van der Waals surface area contributed by atoms with Crippen LogP contribution in [0.15, 0.2) is 22.7 Å². The molecule has 2 N–H and O–H groups in total. The van der Waals surface area contributed by atoms with Crippen LogP contribution in [0.25, 0.3) is 0 Å². The van der Waals surface area contributed by atoms with Crippen LogP contribution in [0.3, 0.4) is 0 Å². The molecule has 0 amide bonds. The van der Waals surface area contributed by atoms with Gasteiger partial charge < -0.3 is 5.73 Å². The molecule has 0 aromatic heterocycles. The third-order valence-electron chi connectivity index (χ3n) is 3.62. The molecule has 2 rings (SSSR count). The van der Waals surface area contributed by atoms with Crippen molar-refractivity contribution in [3.8, 4) is 0 Å². The van der Waals surface area contributed by atoms with Crippen LogP contribution >= 0.6 is 15.9 Å². The summed E-state index contributed by atoms with van der Waals surface area (Å²) in [5, 5.41) is 0. The van der Waals surface area contributed by atoms with E-state index in [-0.39, 0.29) is 5.82 Å². The van der Waals surface area contributed by atoms with Gasteiger partial charge in [0.25, 0.3) is 0 Å². The SMILES string of the molecule is CCN1CCC(CN)C1c1ccc(F)cc1Br. The molecule has 2 unspecified atom stereocenters. The number of likely N-dealkylation sites (tertiary alicyclic amines) is 1. The maximum absolute atomic E-state index is 13.1. The standard InChI is InChI=1S/C13H18BrFN2/c1-2-17-6-5-9(8-16)13(17)11-4-3-10(15)7-12(11)14/h3-4,7,9,13H,2,5-6,8,16H2,1H3. The van der Waals surface area contributed by atoms with Crippen LogP contribution in [0.5, 0.6) is 0 Å². The molecule has 0 bridgehead atoms. The van der Waals surface area contributed by atoms with E-state index in [1.54, 1.807) is 0 Å². The smallest absolute Gasteiger partial charge is 0.124 e. The quantitative estimate of drug-likeness (QED) is 0.930. The minimum absolute atomic E-state index is 0.203. The van der Waals surface area contributed by atoms with Crippen molar-refractivity contribution in [3.05, 3.63) is 34.1 Å². The first-order valence-corrected chi connectivity index (χ1v) is 6.85. The Morgan fingerprint density at radius 2 is 2.29 bits per heavy atom. The Kier molecular flexibility index (Phi) is 4.17. The molecule has 2 nitrogen and oxygen atoms in total. The molecule has 1 aromatic carbocycles. The van der Waals surface area contributed by atoms with Crippen molar-refractivity contribution < 1.29 is 4.39 Å². The Bertz CT molecular complexity index is 385. The zero-order valence-electron chi connectivity index (χ0n) is 10.00. The third-order valence-corrected chi connectivity index (χ3v) is 4.30. The second-order valence-corrected chi connectivity index (χ2v) is 5.38. The minimum Gasteiger partial charge on any atom is -0.330 e. The highest BCUT2D eigenvalue weighted by Gasteiger charge is 2.34. The van der Waals surface area contributed by atoms with Crippen molar-refractivity contribution in [3.63, 3.8) is 0 Å². The summed E-state index contributed by atoms with van der Waals surface area (Å²) in [6.45, 7) is 4.92. The van der Waals surface area contributed by atoms with E-state index in [0.717, 1.165) is 29.5 Å². The first-order chi connectivity index (χ1) is 8.17. The van der Waals surface area contributed by atoms with Crippen LogP contribution in [0.1, 0.15) is 24.9 Å². The molecular formula is C13H18BrFN2. The average Bonchev–Trinajstić information content (AvgIpc) is 2.71. The van der Waals surface area contributed by atoms with Gasteiger partial charge in [-0.2, -0.15) is 0 Å². The van der Waals surface area contributed by atoms with E-state index in [1.165, 1.54) is 12.1 Å². The van der Waals surface area contributed by atoms with Crippen LogP contribution < -0.4 is 5.73 Å². The van der Waals surface area contributed by atoms with Crippen molar-refractivity contribution in [1.82, 2.24) is 4.90 Å². The van der Waals surface area contributed by atoms with Gasteiger partial charge in [-0.1, -0.05) is 28.9 Å². The summed E-state index contributed by atoms with van der Waals surface area (Å²) >= 11 is 3.46. The largest absolute Gasteiger partial charge is 0.330 e. The number of hydrogen-bond donors (Lipinski definition) is 1. The van der Waals surface area contributed by atoms with Crippen molar-refractivity contribution in [2.45, 2.75) is 19.4 Å². The fourth-order valence-electron chi connectivity index (χ4n) is 2.72. The van der Waals surface area contributed by atoms with E-state index in [2.05, 4.69) is 27.8 Å². The third kappa shape index (κ3) is 2.54. The molecule has 0 radical (unpaired) electrons. The minimum atomic E-state index is -0.203. The summed E-state index contributed by atoms with van der Waals surface area (Å²) in [5.74, 6) is 0.266. The molecule has 1 heterocycles. The van der Waals surface area contributed by atoms with Crippen molar-refractivity contribution in [2.24, 2.45) is 11.7 Å². The molecular weight excluding hydrogens is 283 g/mol. The van der Waals surface area contributed by atoms with E-state index in [4.69, 9.17) is 5.73 Å². The number of hydrogen-bond acceptors (Lipinski definition) is 2. The molecule has 4 heteroatoms. The summed E-state index contributed by atoms with van der Waals surface area (Å²) in [6.07, 6.45) is 1.12. The molecule has 94 valence electrons.